The summed E-state index contributed by atoms with van der Waals surface area (Å²) in [6, 6.07) is 5.86. The maximum Gasteiger partial charge on any atom is 0.279 e. The van der Waals surface area contributed by atoms with Gasteiger partial charge in [-0.15, -0.1) is 0 Å². The van der Waals surface area contributed by atoms with Crippen LogP contribution in [0.25, 0.3) is 0 Å². The molecule has 0 atom stereocenters. The Balaban J connectivity index is 2.68. The molecule has 0 aromatic heterocycles. The van der Waals surface area contributed by atoms with Gasteiger partial charge in [0.25, 0.3) is 5.91 Å². The average molecular weight is 272 g/mol. The van der Waals surface area contributed by atoms with Crippen LogP contribution in [0.4, 0.5) is 5.69 Å². The molecule has 82 valence electrons. The van der Waals surface area contributed by atoms with Crippen LogP contribution in [0.1, 0.15) is 5.56 Å². The van der Waals surface area contributed by atoms with Crippen LogP contribution < -0.4 is 10.2 Å². The van der Waals surface area contributed by atoms with E-state index >= 15 is 0 Å². The third-order valence-electron chi connectivity index (χ3n) is 1.91. The van der Waals surface area contributed by atoms with Crippen molar-refractivity contribution in [1.29, 1.82) is 0 Å². The summed E-state index contributed by atoms with van der Waals surface area (Å²) < 4.78 is 0.921. The predicted octanol–water partition coefficient (Wildman–Crippen LogP) is 0.841. The first kappa shape index (κ1) is 12.2. The zero-order chi connectivity index (χ0) is 11.4. The number of amides is 1. The minimum absolute atomic E-state index is 0.0274. The van der Waals surface area contributed by atoms with Crippen molar-refractivity contribution >= 4 is 27.5 Å². The van der Waals surface area contributed by atoms with Gasteiger partial charge in [-0.25, -0.2) is 0 Å². The van der Waals surface area contributed by atoms with Gasteiger partial charge in [0.05, 0.1) is 19.8 Å². The first-order valence-electron chi connectivity index (χ1n) is 4.84. The van der Waals surface area contributed by atoms with Gasteiger partial charge in [-0.05, 0) is 40.5 Å². The van der Waals surface area contributed by atoms with Crippen molar-refractivity contribution in [2.24, 2.45) is 0 Å². The molecule has 2 N–H and O–H groups in total. The van der Waals surface area contributed by atoms with Gasteiger partial charge in [-0.3, -0.25) is 4.79 Å². The molecule has 0 aliphatic heterocycles. The van der Waals surface area contributed by atoms with Crippen molar-refractivity contribution in [2.45, 2.75) is 6.92 Å². The predicted molar refractivity (Wildman–Crippen MR) is 65.2 cm³/mol. The zero-order valence-electron chi connectivity index (χ0n) is 9.23. The molecule has 0 saturated carbocycles. The van der Waals surface area contributed by atoms with Crippen LogP contribution in [0.3, 0.4) is 0 Å². The highest BCUT2D eigenvalue weighted by atomic mass is 79.9. The van der Waals surface area contributed by atoms with E-state index < -0.39 is 0 Å². The lowest BCUT2D eigenvalue weighted by molar-refractivity contribution is -0.849. The number of hydrogen-bond donors (Lipinski definition) is 2. The van der Waals surface area contributed by atoms with Gasteiger partial charge in [0.2, 0.25) is 0 Å². The molecule has 15 heavy (non-hydrogen) atoms. The standard InChI is InChI=1S/C11H15BrN2O/c1-8-4-5-10(9(12)6-8)13-11(15)7-14(2)3/h4-6H,7H2,1-3H3,(H,13,15)/p+1. The molecule has 1 rings (SSSR count). The Bertz CT molecular complexity index is 364. The Morgan fingerprint density at radius 3 is 2.67 bits per heavy atom. The largest absolute Gasteiger partial charge is 0.332 e. The Kier molecular flexibility index (Phi) is 4.29. The number of quaternary nitrogens is 1. The van der Waals surface area contributed by atoms with Crippen LogP contribution in [-0.2, 0) is 4.79 Å². The normalized spacial score (nSPS) is 10.5. The minimum Gasteiger partial charge on any atom is -0.332 e. The lowest BCUT2D eigenvalue weighted by atomic mass is 10.2. The number of carbonyl (C=O) groups excluding carboxylic acids is 1. The van der Waals surface area contributed by atoms with Crippen LogP contribution in [0, 0.1) is 6.92 Å². The van der Waals surface area contributed by atoms with Crippen LogP contribution in [0.2, 0.25) is 0 Å². The average Bonchev–Trinajstić information content (AvgIpc) is 2.08. The monoisotopic (exact) mass is 271 g/mol. The lowest BCUT2D eigenvalue weighted by Gasteiger charge is -2.09. The quantitative estimate of drug-likeness (QED) is 0.840. The van der Waals surface area contributed by atoms with Gasteiger partial charge in [0, 0.05) is 4.47 Å². The fraction of sp³-hybridized carbons (Fsp3) is 0.364. The molecule has 3 nitrogen and oxygen atoms in total. The molecule has 0 radical (unpaired) electrons. The molecular formula is C11H16BrN2O+. The number of carbonyl (C=O) groups is 1. The van der Waals surface area contributed by atoms with E-state index in [1.54, 1.807) is 0 Å². The fourth-order valence-corrected chi connectivity index (χ4v) is 1.83. The lowest BCUT2D eigenvalue weighted by Crippen LogP contribution is -3.06. The number of rotatable bonds is 3. The summed E-state index contributed by atoms with van der Waals surface area (Å²) in [6.45, 7) is 2.49. The molecule has 4 heteroatoms. The molecule has 0 saturated heterocycles. The van der Waals surface area contributed by atoms with Crippen LogP contribution >= 0.6 is 15.9 Å². The zero-order valence-corrected chi connectivity index (χ0v) is 10.8. The van der Waals surface area contributed by atoms with Crippen molar-refractivity contribution in [3.05, 3.63) is 28.2 Å². The topological polar surface area (TPSA) is 33.5 Å². The molecule has 1 amide bonds. The number of anilines is 1. The van der Waals surface area contributed by atoms with E-state index in [0.717, 1.165) is 20.6 Å². The summed E-state index contributed by atoms with van der Waals surface area (Å²) >= 11 is 3.42. The van der Waals surface area contributed by atoms with E-state index in [-0.39, 0.29) is 5.91 Å². The van der Waals surface area contributed by atoms with E-state index in [4.69, 9.17) is 0 Å². The highest BCUT2D eigenvalue weighted by Crippen LogP contribution is 2.22. The Morgan fingerprint density at radius 2 is 2.13 bits per heavy atom. The SMILES string of the molecule is Cc1ccc(NC(=O)C[NH+](C)C)c(Br)c1. The van der Waals surface area contributed by atoms with Crippen molar-refractivity contribution < 1.29 is 9.69 Å². The van der Waals surface area contributed by atoms with E-state index in [2.05, 4.69) is 21.2 Å². The Labute approximate surface area is 98.6 Å². The van der Waals surface area contributed by atoms with Gasteiger partial charge in [0.15, 0.2) is 6.54 Å². The van der Waals surface area contributed by atoms with E-state index in [0.29, 0.717) is 6.54 Å². The third kappa shape index (κ3) is 4.01. The van der Waals surface area contributed by atoms with E-state index in [1.165, 1.54) is 0 Å². The van der Waals surface area contributed by atoms with Crippen molar-refractivity contribution in [2.75, 3.05) is 26.0 Å². The fourth-order valence-electron chi connectivity index (χ4n) is 1.24. The molecule has 0 heterocycles. The second kappa shape index (κ2) is 5.28. The summed E-state index contributed by atoms with van der Waals surface area (Å²) in [6.07, 6.45) is 0. The van der Waals surface area contributed by atoms with Crippen molar-refractivity contribution in [3.63, 3.8) is 0 Å². The number of likely N-dealkylation sites (N-methyl/N-ethyl adjacent to an activating group) is 1. The summed E-state index contributed by atoms with van der Waals surface area (Å²) in [5.74, 6) is 0.0274. The first-order chi connectivity index (χ1) is 6.99. The molecule has 0 spiro atoms. The maximum absolute atomic E-state index is 11.5. The molecule has 0 unspecified atom stereocenters. The molecule has 0 aliphatic rings. The van der Waals surface area contributed by atoms with Gasteiger partial charge >= 0.3 is 0 Å². The molecule has 1 aromatic rings. The maximum atomic E-state index is 11.5. The second-order valence-corrected chi connectivity index (χ2v) is 4.77. The number of nitrogens with one attached hydrogen (secondary N) is 2. The minimum atomic E-state index is 0.0274. The van der Waals surface area contributed by atoms with E-state index in [9.17, 15) is 4.79 Å². The van der Waals surface area contributed by atoms with Crippen molar-refractivity contribution in [3.8, 4) is 0 Å². The number of benzene rings is 1. The first-order valence-corrected chi connectivity index (χ1v) is 5.63. The highest BCUT2D eigenvalue weighted by Gasteiger charge is 2.08. The molecule has 1 aromatic carbocycles. The number of hydrogen-bond acceptors (Lipinski definition) is 1. The Hall–Kier alpha value is -0.870. The van der Waals surface area contributed by atoms with Gasteiger partial charge in [0.1, 0.15) is 0 Å². The summed E-state index contributed by atoms with van der Waals surface area (Å²) in [4.78, 5) is 12.6. The summed E-state index contributed by atoms with van der Waals surface area (Å²) in [5, 5.41) is 2.86. The Morgan fingerprint density at radius 1 is 1.47 bits per heavy atom. The van der Waals surface area contributed by atoms with Crippen molar-refractivity contribution in [1.82, 2.24) is 0 Å². The summed E-state index contributed by atoms with van der Waals surface area (Å²) in [5.41, 5.74) is 1.99. The molecule has 0 fully saturated rings. The van der Waals surface area contributed by atoms with Gasteiger partial charge < -0.3 is 10.2 Å². The second-order valence-electron chi connectivity index (χ2n) is 3.92. The van der Waals surface area contributed by atoms with E-state index in [1.807, 2.05) is 39.2 Å². The summed E-state index contributed by atoms with van der Waals surface area (Å²) in [7, 11) is 3.90. The third-order valence-corrected chi connectivity index (χ3v) is 2.57. The van der Waals surface area contributed by atoms with Gasteiger partial charge in [-0.2, -0.15) is 0 Å². The molecule has 0 bridgehead atoms. The smallest absolute Gasteiger partial charge is 0.279 e. The molecular weight excluding hydrogens is 256 g/mol. The van der Waals surface area contributed by atoms with Crippen LogP contribution in [-0.4, -0.2) is 26.5 Å². The number of halogens is 1. The molecule has 0 aliphatic carbocycles. The van der Waals surface area contributed by atoms with Crippen LogP contribution in [0.15, 0.2) is 22.7 Å². The van der Waals surface area contributed by atoms with Gasteiger partial charge in [-0.1, -0.05) is 6.07 Å². The highest BCUT2D eigenvalue weighted by molar-refractivity contribution is 9.10. The van der Waals surface area contributed by atoms with Crippen LogP contribution in [0.5, 0.6) is 0 Å². The number of aryl methyl sites for hydroxylation is 1.